The molecule has 4 atom stereocenters. The summed E-state index contributed by atoms with van der Waals surface area (Å²) in [6.45, 7) is 4.26. The van der Waals surface area contributed by atoms with Crippen molar-refractivity contribution in [3.63, 3.8) is 0 Å². The van der Waals surface area contributed by atoms with Crippen molar-refractivity contribution >= 4 is 11.6 Å². The van der Waals surface area contributed by atoms with Crippen molar-refractivity contribution in [1.82, 2.24) is 0 Å². The number of alkyl halides is 2. The summed E-state index contributed by atoms with van der Waals surface area (Å²) in [7, 11) is 0. The molecule has 2 aliphatic carbocycles. The minimum atomic E-state index is -2.57. The van der Waals surface area contributed by atoms with Gasteiger partial charge in [-0.3, -0.25) is 9.59 Å². The average Bonchev–Trinajstić information content (AvgIpc) is 3.09. The molecule has 1 heterocycles. The summed E-state index contributed by atoms with van der Waals surface area (Å²) in [4.78, 5) is 25.8. The molecule has 0 aromatic heterocycles. The van der Waals surface area contributed by atoms with Gasteiger partial charge in [0.2, 0.25) is 5.92 Å². The molecule has 2 aromatic carbocycles. The molecule has 3 aliphatic rings. The molecule has 3 nitrogen and oxygen atoms in total. The maximum absolute atomic E-state index is 13.5. The highest BCUT2D eigenvalue weighted by Crippen LogP contribution is 2.64. The van der Waals surface area contributed by atoms with Gasteiger partial charge in [0, 0.05) is 36.8 Å². The maximum Gasteiger partial charge on any atom is 0.248 e. The number of benzene rings is 2. The van der Waals surface area contributed by atoms with Crippen LogP contribution in [0.25, 0.3) is 0 Å². The molecule has 2 saturated carbocycles. The summed E-state index contributed by atoms with van der Waals surface area (Å²) in [5.74, 6) is -2.17. The quantitative estimate of drug-likeness (QED) is 0.547. The number of hydrogen-bond donors (Lipinski definition) is 0. The van der Waals surface area contributed by atoms with Crippen molar-refractivity contribution in [3.05, 3.63) is 64.7 Å². The van der Waals surface area contributed by atoms with Gasteiger partial charge in [-0.05, 0) is 42.4 Å². The number of fused-ring (bicyclic) bond motifs is 2. The van der Waals surface area contributed by atoms with Crippen LogP contribution >= 0.6 is 0 Å². The number of Topliss-reactive ketones (excluding diaryl/α,β-unsaturated/α-hetero) is 2. The fraction of sp³-hybridized carbons (Fsp3) is 0.462. The zero-order chi connectivity index (χ0) is 22.0. The van der Waals surface area contributed by atoms with Crippen LogP contribution in [0, 0.1) is 17.8 Å². The van der Waals surface area contributed by atoms with E-state index in [0.29, 0.717) is 29.9 Å². The Kier molecular flexibility index (Phi) is 4.58. The van der Waals surface area contributed by atoms with Crippen LogP contribution in [-0.2, 0) is 5.41 Å². The summed E-state index contributed by atoms with van der Waals surface area (Å²) in [6.07, 6.45) is 0.392. The number of hydrogen-bond acceptors (Lipinski definition) is 3. The van der Waals surface area contributed by atoms with Crippen molar-refractivity contribution < 1.29 is 23.1 Å². The molecule has 0 spiro atoms. The Balaban J connectivity index is 1.49. The Hall–Kier alpha value is -2.56. The molecule has 5 heteroatoms. The van der Waals surface area contributed by atoms with Crippen molar-refractivity contribution in [2.45, 2.75) is 50.9 Å². The Bertz CT molecular complexity index is 1050. The van der Waals surface area contributed by atoms with Gasteiger partial charge < -0.3 is 4.74 Å². The highest BCUT2D eigenvalue weighted by Gasteiger charge is 2.62. The third-order valence-electron chi connectivity index (χ3n) is 7.54. The lowest BCUT2D eigenvalue weighted by Gasteiger charge is -2.24. The summed E-state index contributed by atoms with van der Waals surface area (Å²) in [5, 5.41) is 0. The molecular formula is C26H26F2O3. The van der Waals surface area contributed by atoms with Gasteiger partial charge in [-0.2, -0.15) is 0 Å². The van der Waals surface area contributed by atoms with E-state index < -0.39 is 11.3 Å². The second kappa shape index (κ2) is 6.98. The van der Waals surface area contributed by atoms with Crippen LogP contribution in [0.3, 0.4) is 0 Å². The molecule has 0 amide bonds. The summed E-state index contributed by atoms with van der Waals surface area (Å²) >= 11 is 0. The molecule has 0 radical (unpaired) electrons. The molecule has 0 saturated heterocycles. The number of carbonyl (C=O) groups excluding carboxylic acids is 2. The minimum absolute atomic E-state index is 0.0389. The third kappa shape index (κ3) is 3.29. The number of ether oxygens (including phenoxy) is 1. The van der Waals surface area contributed by atoms with Gasteiger partial charge in [-0.25, -0.2) is 8.78 Å². The fourth-order valence-electron chi connectivity index (χ4n) is 5.63. The van der Waals surface area contributed by atoms with E-state index >= 15 is 0 Å². The van der Waals surface area contributed by atoms with Crippen LogP contribution in [0.4, 0.5) is 8.78 Å². The number of ketones is 2. The third-order valence-corrected chi connectivity index (χ3v) is 7.54. The zero-order valence-corrected chi connectivity index (χ0v) is 17.8. The molecule has 1 aliphatic heterocycles. The number of rotatable bonds is 6. The largest absolute Gasteiger partial charge is 0.491 e. The van der Waals surface area contributed by atoms with Crippen LogP contribution < -0.4 is 4.74 Å². The normalized spacial score (nSPS) is 29.7. The van der Waals surface area contributed by atoms with Crippen molar-refractivity contribution in [2.75, 3.05) is 6.61 Å². The molecule has 31 heavy (non-hydrogen) atoms. The van der Waals surface area contributed by atoms with E-state index in [1.807, 2.05) is 36.4 Å². The average molecular weight is 424 g/mol. The molecule has 2 unspecified atom stereocenters. The van der Waals surface area contributed by atoms with E-state index in [1.54, 1.807) is 13.0 Å². The van der Waals surface area contributed by atoms with Crippen LogP contribution in [0.1, 0.15) is 71.4 Å². The Labute approximate surface area is 180 Å². The van der Waals surface area contributed by atoms with Gasteiger partial charge in [0.1, 0.15) is 12.4 Å². The van der Waals surface area contributed by atoms with E-state index in [1.165, 1.54) is 0 Å². The topological polar surface area (TPSA) is 43.4 Å². The van der Waals surface area contributed by atoms with Gasteiger partial charge in [0.25, 0.3) is 0 Å². The minimum Gasteiger partial charge on any atom is -0.491 e. The molecular weight excluding hydrogens is 398 g/mol. The first-order valence-electron chi connectivity index (χ1n) is 11.0. The molecule has 5 rings (SSSR count). The predicted octanol–water partition coefficient (Wildman–Crippen LogP) is 5.84. The summed E-state index contributed by atoms with van der Waals surface area (Å²) < 4.78 is 33.0. The van der Waals surface area contributed by atoms with Crippen molar-refractivity contribution in [1.29, 1.82) is 0 Å². The summed E-state index contributed by atoms with van der Waals surface area (Å²) in [6, 6.07) is 13.4. The standard InChI is InChI=1S/C26H26F2O3/c1-3-22(29)18-9-15(23(30)11-17-19-12-26(27,28)13-20(17)19)10-21-24(18)31-14-25(21,2)16-7-5-4-6-8-16/h4-10,17,19-20H,3,11-14H2,1-2H3/t17?,19-,20+,25?. The zero-order valence-electron chi connectivity index (χ0n) is 17.8. The first kappa shape index (κ1) is 20.3. The van der Waals surface area contributed by atoms with Crippen molar-refractivity contribution in [2.24, 2.45) is 17.8 Å². The monoisotopic (exact) mass is 424 g/mol. The first-order valence-corrected chi connectivity index (χ1v) is 11.0. The summed E-state index contributed by atoms with van der Waals surface area (Å²) in [5.41, 5.74) is 2.38. The molecule has 2 aromatic rings. The smallest absolute Gasteiger partial charge is 0.248 e. The molecule has 2 fully saturated rings. The molecule has 0 bridgehead atoms. The predicted molar refractivity (Wildman–Crippen MR) is 113 cm³/mol. The van der Waals surface area contributed by atoms with Gasteiger partial charge in [0.05, 0.1) is 11.0 Å². The Morgan fingerprint density at radius 3 is 2.39 bits per heavy atom. The Morgan fingerprint density at radius 1 is 1.06 bits per heavy atom. The van der Waals surface area contributed by atoms with E-state index in [2.05, 4.69) is 6.92 Å². The van der Waals surface area contributed by atoms with E-state index in [9.17, 15) is 18.4 Å². The Morgan fingerprint density at radius 2 is 1.74 bits per heavy atom. The van der Waals surface area contributed by atoms with Gasteiger partial charge in [-0.15, -0.1) is 0 Å². The first-order chi connectivity index (χ1) is 14.7. The van der Waals surface area contributed by atoms with Crippen LogP contribution in [-0.4, -0.2) is 24.1 Å². The van der Waals surface area contributed by atoms with Crippen LogP contribution in [0.5, 0.6) is 5.75 Å². The van der Waals surface area contributed by atoms with E-state index in [0.717, 1.165) is 11.1 Å². The molecule has 0 N–H and O–H groups in total. The van der Waals surface area contributed by atoms with Gasteiger partial charge >= 0.3 is 0 Å². The number of carbonyl (C=O) groups is 2. The lowest BCUT2D eigenvalue weighted by molar-refractivity contribution is -0.00847. The highest BCUT2D eigenvalue weighted by molar-refractivity contribution is 6.04. The van der Waals surface area contributed by atoms with Gasteiger partial charge in [0.15, 0.2) is 11.6 Å². The lowest BCUT2D eigenvalue weighted by atomic mass is 9.76. The van der Waals surface area contributed by atoms with Crippen LogP contribution in [0.15, 0.2) is 42.5 Å². The number of halogens is 2. The van der Waals surface area contributed by atoms with Gasteiger partial charge in [-0.1, -0.05) is 37.3 Å². The molecule has 162 valence electrons. The highest BCUT2D eigenvalue weighted by atomic mass is 19.3. The fourth-order valence-corrected chi connectivity index (χ4v) is 5.63. The van der Waals surface area contributed by atoms with E-state index in [-0.39, 0.29) is 48.6 Å². The van der Waals surface area contributed by atoms with E-state index in [4.69, 9.17) is 4.74 Å². The lowest BCUT2D eigenvalue weighted by Crippen LogP contribution is -2.25. The second-order valence-electron chi connectivity index (χ2n) is 9.55. The maximum atomic E-state index is 13.5. The van der Waals surface area contributed by atoms with Crippen LogP contribution in [0.2, 0.25) is 0 Å². The second-order valence-corrected chi connectivity index (χ2v) is 9.55. The SMILES string of the molecule is CCC(=O)c1cc(C(=O)CC2[C@H]3CC(F)(F)C[C@@H]23)cc2c1OCC2(C)c1ccccc1. The van der Waals surface area contributed by atoms with Crippen molar-refractivity contribution in [3.8, 4) is 5.75 Å².